The molecule has 1 aromatic heterocycles. The van der Waals surface area contributed by atoms with Crippen LogP contribution in [0.25, 0.3) is 0 Å². The minimum atomic E-state index is -0.00286. The van der Waals surface area contributed by atoms with Gasteiger partial charge in [0.05, 0.1) is 17.2 Å². The van der Waals surface area contributed by atoms with E-state index in [2.05, 4.69) is 15.0 Å². The Balaban J connectivity index is 2.27. The summed E-state index contributed by atoms with van der Waals surface area (Å²) >= 11 is 11.6. The molecule has 0 unspecified atom stereocenters. The van der Waals surface area contributed by atoms with Crippen molar-refractivity contribution in [2.24, 2.45) is 0 Å². The Hall–Kier alpha value is -1.79. The second-order valence-electron chi connectivity index (χ2n) is 3.14. The van der Waals surface area contributed by atoms with E-state index in [1.807, 2.05) is 0 Å². The molecule has 2 rings (SSSR count). The lowest BCUT2D eigenvalue weighted by atomic mass is 10.3. The van der Waals surface area contributed by atoms with E-state index in [-0.39, 0.29) is 18.0 Å². The Bertz CT molecular complexity index is 580. The van der Waals surface area contributed by atoms with Crippen LogP contribution < -0.4 is 15.2 Å². The molecule has 0 saturated heterocycles. The van der Waals surface area contributed by atoms with E-state index in [0.29, 0.717) is 15.8 Å². The van der Waals surface area contributed by atoms with Crippen molar-refractivity contribution in [3.63, 3.8) is 0 Å². The Morgan fingerprint density at radius 1 is 1.06 bits per heavy atom. The van der Waals surface area contributed by atoms with Gasteiger partial charge < -0.3 is 15.2 Å². The van der Waals surface area contributed by atoms with Crippen molar-refractivity contribution in [1.82, 2.24) is 15.0 Å². The van der Waals surface area contributed by atoms with Gasteiger partial charge in [0.25, 0.3) is 0 Å². The molecule has 0 aliphatic carbocycles. The smallest absolute Gasteiger partial charge is 0.330 e. The third-order valence-electron chi connectivity index (χ3n) is 1.89. The van der Waals surface area contributed by atoms with Gasteiger partial charge in [-0.1, -0.05) is 23.2 Å². The molecular formula is C10H8Cl2N4O2. The van der Waals surface area contributed by atoms with Gasteiger partial charge in [-0.05, 0) is 12.1 Å². The van der Waals surface area contributed by atoms with Crippen LogP contribution in [0.2, 0.25) is 10.0 Å². The maximum absolute atomic E-state index is 5.86. The van der Waals surface area contributed by atoms with Crippen LogP contribution in [0.5, 0.6) is 17.8 Å². The van der Waals surface area contributed by atoms with E-state index in [1.165, 1.54) is 13.2 Å². The van der Waals surface area contributed by atoms with E-state index in [9.17, 15) is 0 Å². The van der Waals surface area contributed by atoms with Gasteiger partial charge >= 0.3 is 12.0 Å². The summed E-state index contributed by atoms with van der Waals surface area (Å²) in [6.07, 6.45) is 0. The molecule has 94 valence electrons. The molecule has 0 spiro atoms. The van der Waals surface area contributed by atoms with Crippen molar-refractivity contribution in [1.29, 1.82) is 0 Å². The minimum absolute atomic E-state index is 0.00286. The van der Waals surface area contributed by atoms with Gasteiger partial charge in [0.15, 0.2) is 0 Å². The zero-order chi connectivity index (χ0) is 13.1. The predicted octanol–water partition coefficient (Wildman–Crippen LogP) is 2.56. The Labute approximate surface area is 113 Å². The van der Waals surface area contributed by atoms with E-state index in [0.717, 1.165) is 0 Å². The summed E-state index contributed by atoms with van der Waals surface area (Å²) in [6, 6.07) is 4.84. The molecule has 0 fully saturated rings. The fourth-order valence-electron chi connectivity index (χ4n) is 1.14. The lowest BCUT2D eigenvalue weighted by Crippen LogP contribution is -2.02. The highest BCUT2D eigenvalue weighted by atomic mass is 35.5. The van der Waals surface area contributed by atoms with Gasteiger partial charge in [0.1, 0.15) is 5.75 Å². The number of benzene rings is 1. The summed E-state index contributed by atoms with van der Waals surface area (Å²) in [5.74, 6) is 0.425. The van der Waals surface area contributed by atoms with Gasteiger partial charge in [-0.2, -0.15) is 9.97 Å². The number of methoxy groups -OCH3 is 1. The molecule has 0 atom stereocenters. The molecule has 18 heavy (non-hydrogen) atoms. The Kier molecular flexibility index (Phi) is 3.69. The average Bonchev–Trinajstić information content (AvgIpc) is 2.33. The van der Waals surface area contributed by atoms with Crippen LogP contribution >= 0.6 is 23.2 Å². The van der Waals surface area contributed by atoms with E-state index < -0.39 is 0 Å². The number of nitrogen functional groups attached to an aromatic ring is 1. The first-order valence-electron chi connectivity index (χ1n) is 4.77. The fourth-order valence-corrected chi connectivity index (χ4v) is 1.42. The number of hydrogen-bond acceptors (Lipinski definition) is 6. The van der Waals surface area contributed by atoms with Crippen LogP contribution in [-0.2, 0) is 0 Å². The highest BCUT2D eigenvalue weighted by Gasteiger charge is 2.08. The molecular weight excluding hydrogens is 279 g/mol. The van der Waals surface area contributed by atoms with Crippen molar-refractivity contribution in [2.45, 2.75) is 0 Å². The first-order chi connectivity index (χ1) is 8.58. The van der Waals surface area contributed by atoms with Crippen molar-refractivity contribution >= 4 is 29.2 Å². The van der Waals surface area contributed by atoms with Gasteiger partial charge in [-0.25, -0.2) is 0 Å². The third-order valence-corrected chi connectivity index (χ3v) is 2.63. The Morgan fingerprint density at radius 2 is 1.78 bits per heavy atom. The molecule has 0 amide bonds. The summed E-state index contributed by atoms with van der Waals surface area (Å²) in [4.78, 5) is 11.4. The maximum Gasteiger partial charge on any atom is 0.330 e. The fraction of sp³-hybridized carbons (Fsp3) is 0.100. The molecule has 1 heterocycles. The number of hydrogen-bond donors (Lipinski definition) is 1. The lowest BCUT2D eigenvalue weighted by molar-refractivity contribution is 0.360. The summed E-state index contributed by atoms with van der Waals surface area (Å²) in [5.41, 5.74) is 5.47. The number of aromatic nitrogens is 3. The van der Waals surface area contributed by atoms with Gasteiger partial charge in [-0.3, -0.25) is 0 Å². The predicted molar refractivity (Wildman–Crippen MR) is 67.3 cm³/mol. The standard InChI is InChI=1S/C10H8Cl2N4O2/c1-17-9-14-8(13)15-10(16-9)18-5-2-3-6(11)7(12)4-5/h2-4H,1H3,(H2,13,14,15,16). The van der Waals surface area contributed by atoms with Crippen LogP contribution in [0.3, 0.4) is 0 Å². The average molecular weight is 287 g/mol. The number of anilines is 1. The Morgan fingerprint density at radius 3 is 2.44 bits per heavy atom. The van der Waals surface area contributed by atoms with Gasteiger partial charge in [0.2, 0.25) is 5.95 Å². The number of rotatable bonds is 3. The SMILES string of the molecule is COc1nc(N)nc(Oc2ccc(Cl)c(Cl)c2)n1. The van der Waals surface area contributed by atoms with Crippen LogP contribution in [0.4, 0.5) is 5.95 Å². The molecule has 0 aliphatic rings. The van der Waals surface area contributed by atoms with Crippen LogP contribution in [0.1, 0.15) is 0 Å². The second kappa shape index (κ2) is 5.24. The number of nitrogens with zero attached hydrogens (tertiary/aromatic N) is 3. The molecule has 2 N–H and O–H groups in total. The summed E-state index contributed by atoms with van der Waals surface area (Å²) in [5, 5.41) is 0.792. The highest BCUT2D eigenvalue weighted by Crippen LogP contribution is 2.28. The summed E-state index contributed by atoms with van der Waals surface area (Å²) in [6.45, 7) is 0. The van der Waals surface area contributed by atoms with Crippen molar-refractivity contribution in [2.75, 3.05) is 12.8 Å². The number of halogens is 2. The van der Waals surface area contributed by atoms with Crippen molar-refractivity contribution in [3.8, 4) is 17.8 Å². The van der Waals surface area contributed by atoms with Crippen LogP contribution in [0.15, 0.2) is 18.2 Å². The molecule has 0 saturated carbocycles. The largest absolute Gasteiger partial charge is 0.467 e. The highest BCUT2D eigenvalue weighted by molar-refractivity contribution is 6.42. The summed E-state index contributed by atoms with van der Waals surface area (Å²) in [7, 11) is 1.41. The van der Waals surface area contributed by atoms with E-state index in [4.69, 9.17) is 38.4 Å². The minimum Gasteiger partial charge on any atom is -0.467 e. The lowest BCUT2D eigenvalue weighted by Gasteiger charge is -2.06. The third kappa shape index (κ3) is 2.91. The topological polar surface area (TPSA) is 83.2 Å². The molecule has 2 aromatic rings. The second-order valence-corrected chi connectivity index (χ2v) is 3.96. The molecule has 6 nitrogen and oxygen atoms in total. The first-order valence-corrected chi connectivity index (χ1v) is 5.52. The van der Waals surface area contributed by atoms with Gasteiger partial charge in [-0.15, -0.1) is 4.98 Å². The monoisotopic (exact) mass is 286 g/mol. The molecule has 1 aromatic carbocycles. The van der Waals surface area contributed by atoms with E-state index >= 15 is 0 Å². The van der Waals surface area contributed by atoms with Crippen LogP contribution in [0, 0.1) is 0 Å². The zero-order valence-electron chi connectivity index (χ0n) is 9.22. The zero-order valence-corrected chi connectivity index (χ0v) is 10.7. The molecule has 0 radical (unpaired) electrons. The maximum atomic E-state index is 5.86. The first kappa shape index (κ1) is 12.7. The quantitative estimate of drug-likeness (QED) is 0.934. The number of ether oxygens (including phenoxy) is 2. The molecule has 0 bridgehead atoms. The van der Waals surface area contributed by atoms with E-state index in [1.54, 1.807) is 12.1 Å². The van der Waals surface area contributed by atoms with Crippen LogP contribution in [-0.4, -0.2) is 22.1 Å². The molecule has 0 aliphatic heterocycles. The summed E-state index contributed by atoms with van der Waals surface area (Å²) < 4.78 is 10.2. The number of nitrogens with two attached hydrogens (primary N) is 1. The van der Waals surface area contributed by atoms with Crippen molar-refractivity contribution in [3.05, 3.63) is 28.2 Å². The molecule has 8 heteroatoms. The normalized spacial score (nSPS) is 10.2. The van der Waals surface area contributed by atoms with Gasteiger partial charge in [0, 0.05) is 6.07 Å². The van der Waals surface area contributed by atoms with Crippen molar-refractivity contribution < 1.29 is 9.47 Å².